The third-order valence-corrected chi connectivity index (χ3v) is 3.44. The number of aryl methyl sites for hydroxylation is 1. The van der Waals surface area contributed by atoms with Crippen molar-refractivity contribution in [3.8, 4) is 0 Å². The molecule has 0 saturated carbocycles. The van der Waals surface area contributed by atoms with Gasteiger partial charge in [0, 0.05) is 32.7 Å². The van der Waals surface area contributed by atoms with Crippen molar-refractivity contribution in [2.45, 2.75) is 33.4 Å². The van der Waals surface area contributed by atoms with Gasteiger partial charge in [-0.1, -0.05) is 29.8 Å². The zero-order valence-electron chi connectivity index (χ0n) is 13.8. The van der Waals surface area contributed by atoms with Crippen molar-refractivity contribution in [2.75, 3.05) is 27.2 Å². The monoisotopic (exact) mass is 404 g/mol. The van der Waals surface area contributed by atoms with Gasteiger partial charge in [0.05, 0.1) is 0 Å². The third kappa shape index (κ3) is 8.26. The fourth-order valence-electron chi connectivity index (χ4n) is 1.72. The Balaban J connectivity index is 0.00000400. The van der Waals surface area contributed by atoms with Crippen molar-refractivity contribution in [1.82, 2.24) is 15.5 Å². The molecule has 0 aliphatic carbocycles. The van der Waals surface area contributed by atoms with Gasteiger partial charge in [-0.25, -0.2) is 0 Å². The van der Waals surface area contributed by atoms with E-state index in [9.17, 15) is 0 Å². The van der Waals surface area contributed by atoms with Crippen LogP contribution in [0, 0.1) is 6.92 Å². The Bertz CT molecular complexity index is 415. The zero-order valence-corrected chi connectivity index (χ0v) is 16.1. The second-order valence-corrected chi connectivity index (χ2v) is 5.41. The van der Waals surface area contributed by atoms with E-state index in [2.05, 4.69) is 72.6 Å². The van der Waals surface area contributed by atoms with Crippen LogP contribution >= 0.6 is 24.0 Å². The van der Waals surface area contributed by atoms with E-state index in [1.54, 1.807) is 7.05 Å². The number of halogens is 1. The molecule has 1 aromatic carbocycles. The van der Waals surface area contributed by atoms with Gasteiger partial charge in [0.25, 0.3) is 0 Å². The lowest BCUT2D eigenvalue weighted by Crippen LogP contribution is -2.41. The largest absolute Gasteiger partial charge is 0.355 e. The van der Waals surface area contributed by atoms with Crippen LogP contribution in [0.25, 0.3) is 0 Å². The molecule has 1 aromatic rings. The summed E-state index contributed by atoms with van der Waals surface area (Å²) in [5.74, 6) is 0.850. The molecule has 4 nitrogen and oxygen atoms in total. The summed E-state index contributed by atoms with van der Waals surface area (Å²) in [5, 5.41) is 6.66. The lowest BCUT2D eigenvalue weighted by Gasteiger charge is -2.21. The fraction of sp³-hybridized carbons (Fsp3) is 0.562. The average molecular weight is 404 g/mol. The van der Waals surface area contributed by atoms with E-state index in [0.717, 1.165) is 25.6 Å². The number of aliphatic imine (C=N–C) groups is 1. The van der Waals surface area contributed by atoms with Crippen LogP contribution in [0.2, 0.25) is 0 Å². The molecule has 21 heavy (non-hydrogen) atoms. The Morgan fingerprint density at radius 1 is 1.19 bits per heavy atom. The summed E-state index contributed by atoms with van der Waals surface area (Å²) < 4.78 is 0. The Labute approximate surface area is 146 Å². The number of hydrogen-bond acceptors (Lipinski definition) is 2. The summed E-state index contributed by atoms with van der Waals surface area (Å²) in [5.41, 5.74) is 2.55. The number of likely N-dealkylation sites (N-methyl/N-ethyl adjacent to an activating group) is 1. The highest BCUT2D eigenvalue weighted by atomic mass is 127. The maximum absolute atomic E-state index is 4.24. The van der Waals surface area contributed by atoms with Gasteiger partial charge < -0.3 is 15.5 Å². The van der Waals surface area contributed by atoms with Crippen molar-refractivity contribution in [2.24, 2.45) is 4.99 Å². The average Bonchev–Trinajstić information content (AvgIpc) is 2.44. The molecule has 0 atom stereocenters. The normalized spacial score (nSPS) is 11.5. The highest BCUT2D eigenvalue weighted by Crippen LogP contribution is 2.02. The molecule has 0 aromatic heterocycles. The van der Waals surface area contributed by atoms with Gasteiger partial charge in [0.2, 0.25) is 0 Å². The zero-order chi connectivity index (χ0) is 15.0. The Hall–Kier alpha value is -0.820. The molecule has 0 amide bonds. The lowest BCUT2D eigenvalue weighted by atomic mass is 10.1. The highest BCUT2D eigenvalue weighted by Gasteiger charge is 2.03. The molecule has 1 rings (SSSR count). The minimum atomic E-state index is 0. The molecule has 2 N–H and O–H groups in total. The van der Waals surface area contributed by atoms with E-state index in [0.29, 0.717) is 6.04 Å². The number of nitrogens with one attached hydrogen (secondary N) is 2. The Kier molecular flexibility index (Phi) is 10.4. The first kappa shape index (κ1) is 20.2. The molecule has 0 spiro atoms. The predicted molar refractivity (Wildman–Crippen MR) is 103 cm³/mol. The molecule has 0 bridgehead atoms. The predicted octanol–water partition coefficient (Wildman–Crippen LogP) is 2.62. The first-order chi connectivity index (χ1) is 9.52. The SMILES string of the molecule is CN=C(NCCN(C)C(C)C)NCc1ccc(C)cc1.I. The molecular weight excluding hydrogens is 375 g/mol. The van der Waals surface area contributed by atoms with Gasteiger partial charge in [-0.2, -0.15) is 0 Å². The van der Waals surface area contributed by atoms with Gasteiger partial charge in [-0.3, -0.25) is 4.99 Å². The summed E-state index contributed by atoms with van der Waals surface area (Å²) >= 11 is 0. The molecule has 0 fully saturated rings. The minimum absolute atomic E-state index is 0. The Morgan fingerprint density at radius 2 is 1.81 bits per heavy atom. The first-order valence-electron chi connectivity index (χ1n) is 7.23. The van der Waals surface area contributed by atoms with Crippen molar-refractivity contribution in [3.05, 3.63) is 35.4 Å². The number of guanidine groups is 1. The summed E-state index contributed by atoms with van der Waals surface area (Å²) in [7, 11) is 3.94. The van der Waals surface area contributed by atoms with Crippen molar-refractivity contribution in [1.29, 1.82) is 0 Å². The van der Waals surface area contributed by atoms with Crippen LogP contribution in [-0.4, -0.2) is 44.1 Å². The second-order valence-electron chi connectivity index (χ2n) is 5.41. The topological polar surface area (TPSA) is 39.7 Å². The van der Waals surface area contributed by atoms with Crippen molar-refractivity contribution < 1.29 is 0 Å². The van der Waals surface area contributed by atoms with Gasteiger partial charge in [0.1, 0.15) is 0 Å². The lowest BCUT2D eigenvalue weighted by molar-refractivity contribution is 0.278. The Morgan fingerprint density at radius 3 is 2.33 bits per heavy atom. The highest BCUT2D eigenvalue weighted by molar-refractivity contribution is 14.0. The molecule has 0 aliphatic heterocycles. The van der Waals surface area contributed by atoms with Crippen LogP contribution in [0.1, 0.15) is 25.0 Å². The van der Waals surface area contributed by atoms with E-state index in [1.165, 1.54) is 11.1 Å². The van der Waals surface area contributed by atoms with E-state index in [4.69, 9.17) is 0 Å². The van der Waals surface area contributed by atoms with Crippen molar-refractivity contribution >= 4 is 29.9 Å². The minimum Gasteiger partial charge on any atom is -0.355 e. The molecule has 0 radical (unpaired) electrons. The number of hydrogen-bond donors (Lipinski definition) is 2. The second kappa shape index (κ2) is 10.8. The molecule has 5 heteroatoms. The van der Waals surface area contributed by atoms with Crippen molar-refractivity contribution in [3.63, 3.8) is 0 Å². The van der Waals surface area contributed by atoms with Crippen LogP contribution in [0.3, 0.4) is 0 Å². The number of rotatable bonds is 6. The molecule has 0 heterocycles. The molecular formula is C16H29IN4. The molecule has 0 aliphatic rings. The van der Waals surface area contributed by atoms with Crippen LogP contribution in [0.15, 0.2) is 29.3 Å². The van der Waals surface area contributed by atoms with E-state index in [-0.39, 0.29) is 24.0 Å². The summed E-state index contributed by atoms with van der Waals surface area (Å²) in [6.45, 7) is 9.18. The molecule has 0 unspecified atom stereocenters. The summed E-state index contributed by atoms with van der Waals surface area (Å²) in [4.78, 5) is 6.54. The fourth-order valence-corrected chi connectivity index (χ4v) is 1.72. The molecule has 0 saturated heterocycles. The summed E-state index contributed by atoms with van der Waals surface area (Å²) in [6, 6.07) is 9.11. The van der Waals surface area contributed by atoms with Gasteiger partial charge >= 0.3 is 0 Å². The van der Waals surface area contributed by atoms with Crippen LogP contribution in [-0.2, 0) is 6.54 Å². The van der Waals surface area contributed by atoms with E-state index < -0.39 is 0 Å². The third-order valence-electron chi connectivity index (χ3n) is 3.44. The number of benzene rings is 1. The molecule has 120 valence electrons. The van der Waals surface area contributed by atoms with E-state index >= 15 is 0 Å². The summed E-state index contributed by atoms with van der Waals surface area (Å²) in [6.07, 6.45) is 0. The van der Waals surface area contributed by atoms with Gasteiger partial charge in [-0.15, -0.1) is 24.0 Å². The quantitative estimate of drug-likeness (QED) is 0.435. The number of nitrogens with zero attached hydrogens (tertiary/aromatic N) is 2. The smallest absolute Gasteiger partial charge is 0.191 e. The maximum atomic E-state index is 4.24. The van der Waals surface area contributed by atoms with Crippen LogP contribution in [0.5, 0.6) is 0 Å². The van der Waals surface area contributed by atoms with Crippen LogP contribution < -0.4 is 10.6 Å². The maximum Gasteiger partial charge on any atom is 0.191 e. The van der Waals surface area contributed by atoms with E-state index in [1.807, 2.05) is 0 Å². The van der Waals surface area contributed by atoms with Gasteiger partial charge in [-0.05, 0) is 33.4 Å². The standard InChI is InChI=1S/C16H28N4.HI/c1-13(2)20(5)11-10-18-16(17-4)19-12-15-8-6-14(3)7-9-15;/h6-9,13H,10-12H2,1-5H3,(H2,17,18,19);1H. The van der Waals surface area contributed by atoms with Gasteiger partial charge in [0.15, 0.2) is 5.96 Å². The first-order valence-corrected chi connectivity index (χ1v) is 7.23. The van der Waals surface area contributed by atoms with Crippen LogP contribution in [0.4, 0.5) is 0 Å².